The van der Waals surface area contributed by atoms with Gasteiger partial charge in [-0.15, -0.1) is 0 Å². The van der Waals surface area contributed by atoms with Crippen molar-refractivity contribution in [2.75, 3.05) is 6.54 Å². The minimum Gasteiger partial charge on any atom is -0.356 e. The Morgan fingerprint density at radius 3 is 2.69 bits per heavy atom. The number of carbonyl (C=O) groups excluding carboxylic acids is 1. The maximum Gasteiger partial charge on any atom is 0.223 e. The van der Waals surface area contributed by atoms with E-state index >= 15 is 0 Å². The lowest BCUT2D eigenvalue weighted by molar-refractivity contribution is -0.130. The third kappa shape index (κ3) is 2.45. The van der Waals surface area contributed by atoms with Gasteiger partial charge in [0.05, 0.1) is 0 Å². The minimum absolute atomic E-state index is 0.206. The maximum atomic E-state index is 11.7. The zero-order valence-corrected chi connectivity index (χ0v) is 9.02. The lowest BCUT2D eigenvalue weighted by Gasteiger charge is -2.37. The molecule has 1 atom stereocenters. The molecule has 76 valence electrons. The monoisotopic (exact) mass is 183 g/mol. The number of hydrogen-bond acceptors (Lipinski definition) is 1. The molecule has 1 amide bonds. The average Bonchev–Trinajstić information content (AvgIpc) is 2.03. The second-order valence-corrected chi connectivity index (χ2v) is 4.68. The molecule has 0 aromatic heterocycles. The van der Waals surface area contributed by atoms with Crippen molar-refractivity contribution >= 4 is 5.91 Å². The normalized spacial score (nSPS) is 26.8. The highest BCUT2D eigenvalue weighted by Gasteiger charge is 2.36. The van der Waals surface area contributed by atoms with E-state index in [0.29, 0.717) is 0 Å². The number of amides is 1. The molecule has 0 heterocycles. The van der Waals surface area contributed by atoms with Gasteiger partial charge in [0.1, 0.15) is 0 Å². The molecule has 0 unspecified atom stereocenters. The van der Waals surface area contributed by atoms with Crippen molar-refractivity contribution in [3.8, 4) is 0 Å². The standard InChI is InChI=1S/C11H21NO/c1-4-12-10(13)9-7-5-6-8-11(9,2)3/h9H,4-8H2,1-3H3,(H,12,13)/t9-/m1/s1. The van der Waals surface area contributed by atoms with E-state index < -0.39 is 0 Å². The highest BCUT2D eigenvalue weighted by molar-refractivity contribution is 5.79. The molecule has 1 rings (SSSR count). The van der Waals surface area contributed by atoms with Crippen LogP contribution >= 0.6 is 0 Å². The van der Waals surface area contributed by atoms with E-state index in [0.717, 1.165) is 13.0 Å². The summed E-state index contributed by atoms with van der Waals surface area (Å²) in [5, 5.41) is 2.93. The van der Waals surface area contributed by atoms with Gasteiger partial charge < -0.3 is 5.32 Å². The molecule has 2 nitrogen and oxygen atoms in total. The molecule has 1 aliphatic rings. The second-order valence-electron chi connectivity index (χ2n) is 4.68. The molecule has 0 aromatic carbocycles. The molecule has 1 saturated carbocycles. The Bertz CT molecular complexity index is 187. The topological polar surface area (TPSA) is 29.1 Å². The Labute approximate surface area is 81.1 Å². The molecule has 0 bridgehead atoms. The zero-order chi connectivity index (χ0) is 9.90. The minimum atomic E-state index is 0.206. The predicted molar refractivity (Wildman–Crippen MR) is 54.4 cm³/mol. The summed E-state index contributed by atoms with van der Waals surface area (Å²) in [4.78, 5) is 11.7. The predicted octanol–water partition coefficient (Wildman–Crippen LogP) is 2.34. The van der Waals surface area contributed by atoms with Crippen LogP contribution in [-0.2, 0) is 4.79 Å². The molecule has 1 aliphatic carbocycles. The fourth-order valence-electron chi connectivity index (χ4n) is 2.28. The molecule has 1 fully saturated rings. The van der Waals surface area contributed by atoms with E-state index in [1.807, 2.05) is 6.92 Å². The van der Waals surface area contributed by atoms with Crippen molar-refractivity contribution < 1.29 is 4.79 Å². The summed E-state index contributed by atoms with van der Waals surface area (Å²) in [5.74, 6) is 0.494. The van der Waals surface area contributed by atoms with Crippen LogP contribution in [0.3, 0.4) is 0 Å². The Hall–Kier alpha value is -0.530. The van der Waals surface area contributed by atoms with Gasteiger partial charge >= 0.3 is 0 Å². The van der Waals surface area contributed by atoms with E-state index in [2.05, 4.69) is 19.2 Å². The third-order valence-corrected chi connectivity index (χ3v) is 3.17. The second kappa shape index (κ2) is 4.12. The largest absolute Gasteiger partial charge is 0.356 e. The van der Waals surface area contributed by atoms with Gasteiger partial charge in [0.25, 0.3) is 0 Å². The first-order chi connectivity index (χ1) is 6.08. The molecule has 0 radical (unpaired) electrons. The first-order valence-electron chi connectivity index (χ1n) is 5.35. The Kier molecular flexibility index (Phi) is 3.34. The van der Waals surface area contributed by atoms with Gasteiger partial charge in [-0.25, -0.2) is 0 Å². The molecule has 0 aromatic rings. The summed E-state index contributed by atoms with van der Waals surface area (Å²) in [6.45, 7) is 7.16. The van der Waals surface area contributed by atoms with Crippen LogP contribution < -0.4 is 5.32 Å². The molecular weight excluding hydrogens is 162 g/mol. The molecule has 0 saturated heterocycles. The van der Waals surface area contributed by atoms with Crippen molar-refractivity contribution in [3.63, 3.8) is 0 Å². The number of nitrogens with one attached hydrogen (secondary N) is 1. The van der Waals surface area contributed by atoms with E-state index in [1.165, 1.54) is 19.3 Å². The lowest BCUT2D eigenvalue weighted by atomic mass is 9.68. The van der Waals surface area contributed by atoms with E-state index in [4.69, 9.17) is 0 Å². The Morgan fingerprint density at radius 1 is 1.46 bits per heavy atom. The highest BCUT2D eigenvalue weighted by atomic mass is 16.1. The third-order valence-electron chi connectivity index (χ3n) is 3.17. The lowest BCUT2D eigenvalue weighted by Crippen LogP contribution is -2.40. The summed E-state index contributed by atoms with van der Waals surface area (Å²) in [6.07, 6.45) is 4.75. The molecule has 13 heavy (non-hydrogen) atoms. The van der Waals surface area contributed by atoms with E-state index in [-0.39, 0.29) is 17.2 Å². The summed E-state index contributed by atoms with van der Waals surface area (Å²) >= 11 is 0. The van der Waals surface area contributed by atoms with Crippen LogP contribution in [0.25, 0.3) is 0 Å². The van der Waals surface area contributed by atoms with Crippen LogP contribution in [-0.4, -0.2) is 12.5 Å². The quantitative estimate of drug-likeness (QED) is 0.699. The van der Waals surface area contributed by atoms with Gasteiger partial charge in [0, 0.05) is 12.5 Å². The summed E-state index contributed by atoms with van der Waals surface area (Å²) in [6, 6.07) is 0. The van der Waals surface area contributed by atoms with Crippen LogP contribution in [0.1, 0.15) is 46.5 Å². The Morgan fingerprint density at radius 2 is 2.15 bits per heavy atom. The van der Waals surface area contributed by atoms with Crippen molar-refractivity contribution in [2.45, 2.75) is 46.5 Å². The van der Waals surface area contributed by atoms with Crippen LogP contribution in [0, 0.1) is 11.3 Å². The van der Waals surface area contributed by atoms with Crippen molar-refractivity contribution in [3.05, 3.63) is 0 Å². The maximum absolute atomic E-state index is 11.7. The van der Waals surface area contributed by atoms with Crippen molar-refractivity contribution in [2.24, 2.45) is 11.3 Å². The SMILES string of the molecule is CCNC(=O)[C@H]1CCCCC1(C)C. The molecule has 0 aliphatic heterocycles. The summed E-state index contributed by atoms with van der Waals surface area (Å²) < 4.78 is 0. The molecule has 2 heteroatoms. The average molecular weight is 183 g/mol. The van der Waals surface area contributed by atoms with Crippen LogP contribution in [0.5, 0.6) is 0 Å². The van der Waals surface area contributed by atoms with Crippen molar-refractivity contribution in [1.82, 2.24) is 5.32 Å². The van der Waals surface area contributed by atoms with Crippen molar-refractivity contribution in [1.29, 1.82) is 0 Å². The summed E-state index contributed by atoms with van der Waals surface area (Å²) in [5.41, 5.74) is 0.206. The van der Waals surface area contributed by atoms with Gasteiger partial charge in [-0.3, -0.25) is 4.79 Å². The van der Waals surface area contributed by atoms with E-state index in [9.17, 15) is 4.79 Å². The molecular formula is C11H21NO. The first-order valence-corrected chi connectivity index (χ1v) is 5.35. The Balaban J connectivity index is 2.59. The number of rotatable bonds is 2. The first kappa shape index (κ1) is 10.6. The fraction of sp³-hybridized carbons (Fsp3) is 0.909. The number of hydrogen-bond donors (Lipinski definition) is 1. The summed E-state index contributed by atoms with van der Waals surface area (Å²) in [7, 11) is 0. The van der Waals surface area contributed by atoms with Gasteiger partial charge in [-0.2, -0.15) is 0 Å². The van der Waals surface area contributed by atoms with Gasteiger partial charge in [0.15, 0.2) is 0 Å². The van der Waals surface area contributed by atoms with E-state index in [1.54, 1.807) is 0 Å². The van der Waals surface area contributed by atoms with Crippen LogP contribution in [0.4, 0.5) is 0 Å². The smallest absolute Gasteiger partial charge is 0.223 e. The molecule has 1 N–H and O–H groups in total. The highest BCUT2D eigenvalue weighted by Crippen LogP contribution is 2.40. The fourth-order valence-corrected chi connectivity index (χ4v) is 2.28. The van der Waals surface area contributed by atoms with Crippen LogP contribution in [0.15, 0.2) is 0 Å². The van der Waals surface area contributed by atoms with Gasteiger partial charge in [0.2, 0.25) is 5.91 Å². The van der Waals surface area contributed by atoms with Gasteiger partial charge in [-0.1, -0.05) is 26.7 Å². The zero-order valence-electron chi connectivity index (χ0n) is 9.02. The molecule has 0 spiro atoms. The van der Waals surface area contributed by atoms with Gasteiger partial charge in [-0.05, 0) is 25.2 Å². The number of carbonyl (C=O) groups is 1. The van der Waals surface area contributed by atoms with Crippen LogP contribution in [0.2, 0.25) is 0 Å².